The molecule has 1 N–H and O–H groups in total. The molecule has 0 bridgehead atoms. The van der Waals surface area contributed by atoms with Gasteiger partial charge in [0.2, 0.25) is 0 Å². The molecule has 3 heteroatoms. The number of anilines is 1. The third-order valence-corrected chi connectivity index (χ3v) is 4.48. The van der Waals surface area contributed by atoms with Crippen molar-refractivity contribution in [2.24, 2.45) is 5.92 Å². The Morgan fingerprint density at radius 2 is 1.95 bits per heavy atom. The fourth-order valence-electron chi connectivity index (χ4n) is 2.87. The summed E-state index contributed by atoms with van der Waals surface area (Å²) in [5, 5.41) is 4.31. The first kappa shape index (κ1) is 15.5. The molecule has 0 aromatic heterocycles. The highest BCUT2D eigenvalue weighted by Crippen LogP contribution is 2.31. The molecule has 0 heterocycles. The van der Waals surface area contributed by atoms with Crippen molar-refractivity contribution in [3.05, 3.63) is 23.2 Å². The van der Waals surface area contributed by atoms with E-state index in [4.69, 9.17) is 16.3 Å². The molecule has 0 spiro atoms. The summed E-state index contributed by atoms with van der Waals surface area (Å²) in [6, 6.07) is 6.62. The summed E-state index contributed by atoms with van der Waals surface area (Å²) in [6.07, 6.45) is 7.55. The van der Waals surface area contributed by atoms with Gasteiger partial charge < -0.3 is 10.1 Å². The number of nitrogens with one attached hydrogen (secondary N) is 1. The van der Waals surface area contributed by atoms with Crippen LogP contribution in [0.5, 0.6) is 5.75 Å². The highest BCUT2D eigenvalue weighted by molar-refractivity contribution is 6.32. The Labute approximate surface area is 127 Å². The molecular weight excluding hydrogens is 270 g/mol. The van der Waals surface area contributed by atoms with E-state index in [0.29, 0.717) is 17.7 Å². The maximum absolute atomic E-state index is 6.26. The van der Waals surface area contributed by atoms with Crippen molar-refractivity contribution in [1.82, 2.24) is 0 Å². The molecule has 1 aliphatic carbocycles. The lowest BCUT2D eigenvalue weighted by Crippen LogP contribution is -2.25. The van der Waals surface area contributed by atoms with E-state index in [-0.39, 0.29) is 0 Å². The largest absolute Gasteiger partial charge is 0.492 e. The minimum atomic E-state index is 0.594. The Balaban J connectivity index is 1.89. The monoisotopic (exact) mass is 295 g/mol. The van der Waals surface area contributed by atoms with Gasteiger partial charge in [0.05, 0.1) is 11.6 Å². The van der Waals surface area contributed by atoms with Crippen LogP contribution in [0, 0.1) is 5.92 Å². The first-order valence-corrected chi connectivity index (χ1v) is 8.29. The minimum absolute atomic E-state index is 0.594. The van der Waals surface area contributed by atoms with E-state index in [1.54, 1.807) is 0 Å². The number of halogens is 1. The van der Waals surface area contributed by atoms with Crippen molar-refractivity contribution in [2.45, 2.75) is 58.4 Å². The smallest absolute Gasteiger partial charge is 0.138 e. The van der Waals surface area contributed by atoms with E-state index in [2.05, 4.69) is 25.2 Å². The van der Waals surface area contributed by atoms with Crippen molar-refractivity contribution in [3.63, 3.8) is 0 Å². The molecule has 0 atom stereocenters. The molecule has 1 fully saturated rings. The van der Waals surface area contributed by atoms with Crippen LogP contribution in [0.2, 0.25) is 5.02 Å². The number of benzene rings is 1. The van der Waals surface area contributed by atoms with Crippen LogP contribution >= 0.6 is 11.6 Å². The molecule has 0 radical (unpaired) electrons. The van der Waals surface area contributed by atoms with Gasteiger partial charge >= 0.3 is 0 Å². The molecule has 2 rings (SSSR count). The Bertz CT molecular complexity index is 413. The molecule has 1 aromatic rings. The summed E-state index contributed by atoms with van der Waals surface area (Å²) >= 11 is 6.26. The Morgan fingerprint density at radius 1 is 1.20 bits per heavy atom. The summed E-state index contributed by atoms with van der Waals surface area (Å²) < 4.78 is 5.60. The van der Waals surface area contributed by atoms with Crippen molar-refractivity contribution < 1.29 is 4.74 Å². The fourth-order valence-corrected chi connectivity index (χ4v) is 3.11. The molecule has 20 heavy (non-hydrogen) atoms. The molecule has 112 valence electrons. The van der Waals surface area contributed by atoms with Crippen LogP contribution in [0.25, 0.3) is 0 Å². The minimum Gasteiger partial charge on any atom is -0.492 e. The van der Waals surface area contributed by atoms with E-state index in [0.717, 1.165) is 23.8 Å². The van der Waals surface area contributed by atoms with Crippen molar-refractivity contribution >= 4 is 17.3 Å². The van der Waals surface area contributed by atoms with Gasteiger partial charge in [0.1, 0.15) is 5.75 Å². The highest BCUT2D eigenvalue weighted by Gasteiger charge is 2.19. The van der Waals surface area contributed by atoms with Crippen LogP contribution in [0.1, 0.15) is 52.4 Å². The predicted molar refractivity (Wildman–Crippen MR) is 86.9 cm³/mol. The molecule has 1 aliphatic rings. The van der Waals surface area contributed by atoms with Gasteiger partial charge in [-0.15, -0.1) is 0 Å². The molecule has 0 saturated heterocycles. The third-order valence-electron chi connectivity index (χ3n) is 4.19. The Morgan fingerprint density at radius 3 is 2.55 bits per heavy atom. The molecule has 2 nitrogen and oxygen atoms in total. The summed E-state index contributed by atoms with van der Waals surface area (Å²) in [7, 11) is 0. The van der Waals surface area contributed by atoms with Crippen LogP contribution in [0.15, 0.2) is 18.2 Å². The van der Waals surface area contributed by atoms with Gasteiger partial charge in [0, 0.05) is 11.7 Å². The number of hydrogen-bond donors (Lipinski definition) is 1. The van der Waals surface area contributed by atoms with Crippen LogP contribution in [-0.2, 0) is 0 Å². The SMILES string of the molecule is CCCOc1ccc(NC2CCC(CC)CC2)cc1Cl. The second-order valence-electron chi connectivity index (χ2n) is 5.76. The Hall–Kier alpha value is -0.890. The van der Waals surface area contributed by atoms with Crippen LogP contribution < -0.4 is 10.1 Å². The van der Waals surface area contributed by atoms with Gasteiger partial charge in [0.25, 0.3) is 0 Å². The van der Waals surface area contributed by atoms with Crippen LogP contribution in [-0.4, -0.2) is 12.6 Å². The fraction of sp³-hybridized carbons (Fsp3) is 0.647. The Kier molecular flexibility index (Phi) is 6.03. The zero-order chi connectivity index (χ0) is 14.4. The average Bonchev–Trinajstić information content (AvgIpc) is 2.47. The maximum atomic E-state index is 6.26. The van der Waals surface area contributed by atoms with E-state index >= 15 is 0 Å². The molecule has 0 unspecified atom stereocenters. The standard InChI is InChI=1S/C17H26ClNO/c1-3-11-20-17-10-9-15(12-16(17)18)19-14-7-5-13(4-2)6-8-14/h9-10,12-14,19H,3-8,11H2,1-2H3. The lowest BCUT2D eigenvalue weighted by atomic mass is 9.84. The first-order valence-electron chi connectivity index (χ1n) is 7.91. The zero-order valence-corrected chi connectivity index (χ0v) is 13.4. The van der Waals surface area contributed by atoms with E-state index in [9.17, 15) is 0 Å². The van der Waals surface area contributed by atoms with Gasteiger partial charge in [-0.3, -0.25) is 0 Å². The molecule has 1 aromatic carbocycles. The number of ether oxygens (including phenoxy) is 1. The lowest BCUT2D eigenvalue weighted by Gasteiger charge is -2.29. The van der Waals surface area contributed by atoms with E-state index in [1.807, 2.05) is 12.1 Å². The number of hydrogen-bond acceptors (Lipinski definition) is 2. The summed E-state index contributed by atoms with van der Waals surface area (Å²) in [6.45, 7) is 5.11. The van der Waals surface area contributed by atoms with Gasteiger partial charge in [-0.05, 0) is 56.2 Å². The van der Waals surface area contributed by atoms with Crippen molar-refractivity contribution in [2.75, 3.05) is 11.9 Å². The van der Waals surface area contributed by atoms with Crippen molar-refractivity contribution in [3.8, 4) is 5.75 Å². The van der Waals surface area contributed by atoms with Crippen molar-refractivity contribution in [1.29, 1.82) is 0 Å². The first-order chi connectivity index (χ1) is 9.72. The number of rotatable bonds is 6. The topological polar surface area (TPSA) is 21.3 Å². The molecular formula is C17H26ClNO. The quantitative estimate of drug-likeness (QED) is 0.747. The van der Waals surface area contributed by atoms with Crippen LogP contribution in [0.3, 0.4) is 0 Å². The van der Waals surface area contributed by atoms with Gasteiger partial charge in [-0.25, -0.2) is 0 Å². The predicted octanol–water partition coefficient (Wildman–Crippen LogP) is 5.51. The van der Waals surface area contributed by atoms with Crippen LogP contribution in [0.4, 0.5) is 5.69 Å². The van der Waals surface area contributed by atoms with Gasteiger partial charge in [-0.2, -0.15) is 0 Å². The summed E-state index contributed by atoms with van der Waals surface area (Å²) in [4.78, 5) is 0. The normalized spacial score (nSPS) is 22.6. The maximum Gasteiger partial charge on any atom is 0.138 e. The lowest BCUT2D eigenvalue weighted by molar-refractivity contribution is 0.317. The van der Waals surface area contributed by atoms with Gasteiger partial charge in [0.15, 0.2) is 0 Å². The van der Waals surface area contributed by atoms with E-state index < -0.39 is 0 Å². The average molecular weight is 296 g/mol. The molecule has 1 saturated carbocycles. The third kappa shape index (κ3) is 4.31. The van der Waals surface area contributed by atoms with Gasteiger partial charge in [-0.1, -0.05) is 31.9 Å². The zero-order valence-electron chi connectivity index (χ0n) is 12.6. The highest BCUT2D eigenvalue weighted by atomic mass is 35.5. The van der Waals surface area contributed by atoms with E-state index in [1.165, 1.54) is 32.1 Å². The molecule has 0 amide bonds. The second kappa shape index (κ2) is 7.78. The summed E-state index contributed by atoms with van der Waals surface area (Å²) in [5.74, 6) is 1.72. The second-order valence-corrected chi connectivity index (χ2v) is 6.17. The summed E-state index contributed by atoms with van der Waals surface area (Å²) in [5.41, 5.74) is 1.11. The molecule has 0 aliphatic heterocycles.